The average Bonchev–Trinajstić information content (AvgIpc) is 2.82. The monoisotopic (exact) mass is 253 g/mol. The van der Waals surface area contributed by atoms with E-state index in [1.807, 2.05) is 36.6 Å². The van der Waals surface area contributed by atoms with Gasteiger partial charge in [0.05, 0.1) is 12.1 Å². The van der Waals surface area contributed by atoms with Crippen molar-refractivity contribution < 1.29 is 9.50 Å². The minimum Gasteiger partial charge on any atom is -0.387 e. The Balaban J connectivity index is 2.24. The minimum atomic E-state index is -0.802. The number of likely N-dealkylation sites (N-methyl/N-ethyl adjacent to an activating group) is 1. The number of nitrogens with one attached hydrogen (secondary N) is 1. The highest BCUT2D eigenvalue weighted by atomic mass is 32.1. The second-order valence-electron chi connectivity index (χ2n) is 3.98. The van der Waals surface area contributed by atoms with Gasteiger partial charge in [0.2, 0.25) is 0 Å². The Labute approximate surface area is 104 Å². The summed E-state index contributed by atoms with van der Waals surface area (Å²) in [6.07, 6.45) is -0.802. The quantitative estimate of drug-likeness (QED) is 0.858. The number of hydrogen-bond donors (Lipinski definition) is 2. The lowest BCUT2D eigenvalue weighted by Gasteiger charge is -2.21. The molecule has 2 unspecified atom stereocenters. The van der Waals surface area contributed by atoms with Gasteiger partial charge in [-0.3, -0.25) is 0 Å². The Hall–Kier alpha value is -0.970. The van der Waals surface area contributed by atoms with Gasteiger partial charge in [-0.15, -0.1) is 11.3 Å². The van der Waals surface area contributed by atoms with Crippen LogP contribution in [0.15, 0.2) is 29.6 Å². The highest BCUT2D eigenvalue weighted by Crippen LogP contribution is 2.26. The second kappa shape index (κ2) is 5.58. The van der Waals surface area contributed by atoms with Crippen molar-refractivity contribution in [3.05, 3.63) is 35.2 Å². The van der Waals surface area contributed by atoms with E-state index in [-0.39, 0.29) is 0 Å². The predicted molar refractivity (Wildman–Crippen MR) is 70.2 cm³/mol. The second-order valence-corrected chi connectivity index (χ2v) is 4.93. The number of hydrogen-bond acceptors (Lipinski definition) is 3. The lowest BCUT2D eigenvalue weighted by Crippen LogP contribution is -2.36. The first kappa shape index (κ1) is 12.5. The fourth-order valence-corrected chi connectivity index (χ4v) is 2.69. The van der Waals surface area contributed by atoms with Crippen molar-refractivity contribution in [1.82, 2.24) is 5.32 Å². The zero-order valence-electron chi connectivity index (χ0n) is 9.69. The molecule has 1 heterocycles. The molecular formula is C13H16FNOS. The Morgan fingerprint density at radius 1 is 1.41 bits per heavy atom. The summed E-state index contributed by atoms with van der Waals surface area (Å²) in [5.41, 5.74) is 0.763. The summed E-state index contributed by atoms with van der Waals surface area (Å²) >= 11 is 1.66. The number of rotatable bonds is 5. The maximum atomic E-state index is 12.8. The van der Waals surface area contributed by atoms with Crippen LogP contribution in [0, 0.1) is 0 Å². The maximum Gasteiger partial charge on any atom is 0.108 e. The van der Waals surface area contributed by atoms with Crippen molar-refractivity contribution in [3.8, 4) is 0 Å². The highest BCUT2D eigenvalue weighted by molar-refractivity contribution is 7.17. The third-order valence-corrected chi connectivity index (χ3v) is 3.73. The van der Waals surface area contributed by atoms with E-state index in [9.17, 15) is 9.50 Å². The summed E-state index contributed by atoms with van der Waals surface area (Å²) in [5, 5.41) is 16.2. The van der Waals surface area contributed by atoms with Gasteiger partial charge in [0.1, 0.15) is 6.67 Å². The Bertz CT molecular complexity index is 485. The number of thiophene rings is 1. The summed E-state index contributed by atoms with van der Waals surface area (Å²) in [7, 11) is 0. The van der Waals surface area contributed by atoms with Crippen LogP contribution in [0.2, 0.25) is 0 Å². The Morgan fingerprint density at radius 2 is 2.24 bits per heavy atom. The number of benzene rings is 1. The average molecular weight is 253 g/mol. The molecule has 0 saturated heterocycles. The molecule has 2 nitrogen and oxygen atoms in total. The van der Waals surface area contributed by atoms with Gasteiger partial charge in [-0.2, -0.15) is 0 Å². The first-order valence-electron chi connectivity index (χ1n) is 5.70. The molecule has 0 spiro atoms. The molecule has 0 saturated carbocycles. The van der Waals surface area contributed by atoms with E-state index in [1.54, 1.807) is 11.3 Å². The Kier molecular flexibility index (Phi) is 4.10. The molecular weight excluding hydrogens is 237 g/mol. The van der Waals surface area contributed by atoms with E-state index in [0.29, 0.717) is 6.54 Å². The number of halogens is 1. The van der Waals surface area contributed by atoms with Crippen molar-refractivity contribution in [3.63, 3.8) is 0 Å². The van der Waals surface area contributed by atoms with Gasteiger partial charge in [-0.05, 0) is 41.1 Å². The van der Waals surface area contributed by atoms with Gasteiger partial charge < -0.3 is 10.4 Å². The molecule has 0 bridgehead atoms. The first-order valence-corrected chi connectivity index (χ1v) is 6.58. The van der Waals surface area contributed by atoms with E-state index < -0.39 is 18.8 Å². The smallest absolute Gasteiger partial charge is 0.108 e. The molecule has 1 aromatic carbocycles. The van der Waals surface area contributed by atoms with Crippen LogP contribution < -0.4 is 5.32 Å². The van der Waals surface area contributed by atoms with Crippen LogP contribution >= 0.6 is 11.3 Å². The van der Waals surface area contributed by atoms with Gasteiger partial charge >= 0.3 is 0 Å². The maximum absolute atomic E-state index is 12.8. The Morgan fingerprint density at radius 3 is 2.94 bits per heavy atom. The minimum absolute atomic E-state index is 0.531. The third kappa shape index (κ3) is 2.65. The molecule has 2 atom stereocenters. The van der Waals surface area contributed by atoms with Crippen molar-refractivity contribution >= 4 is 21.4 Å². The molecule has 92 valence electrons. The normalized spacial score (nSPS) is 15.0. The molecule has 0 aliphatic carbocycles. The lowest BCUT2D eigenvalue weighted by atomic mass is 10.0. The largest absolute Gasteiger partial charge is 0.387 e. The van der Waals surface area contributed by atoms with Gasteiger partial charge in [0.15, 0.2) is 0 Å². The van der Waals surface area contributed by atoms with Gasteiger partial charge in [0.25, 0.3) is 0 Å². The molecule has 0 amide bonds. The molecule has 0 fully saturated rings. The molecule has 0 aliphatic rings. The van der Waals surface area contributed by atoms with E-state index >= 15 is 0 Å². The van der Waals surface area contributed by atoms with Crippen LogP contribution in [0.4, 0.5) is 4.39 Å². The molecule has 0 aliphatic heterocycles. The summed E-state index contributed by atoms with van der Waals surface area (Å²) in [6, 6.07) is 7.24. The van der Waals surface area contributed by atoms with Crippen molar-refractivity contribution in [2.24, 2.45) is 0 Å². The van der Waals surface area contributed by atoms with Crippen LogP contribution in [-0.2, 0) is 0 Å². The van der Waals surface area contributed by atoms with Crippen molar-refractivity contribution in [2.75, 3.05) is 13.2 Å². The zero-order valence-corrected chi connectivity index (χ0v) is 10.5. The van der Waals surface area contributed by atoms with Crippen LogP contribution in [0.25, 0.3) is 10.1 Å². The SMILES string of the molecule is CCNC(CF)C(O)c1ccc2sccc2c1. The fourth-order valence-electron chi connectivity index (χ4n) is 1.91. The lowest BCUT2D eigenvalue weighted by molar-refractivity contribution is 0.114. The standard InChI is InChI=1S/C13H16FNOS/c1-2-15-11(8-14)13(16)10-3-4-12-9(7-10)5-6-17-12/h3-7,11,13,15-16H,2,8H2,1H3. The fraction of sp³-hybridized carbons (Fsp3) is 0.385. The number of fused-ring (bicyclic) bond motifs is 1. The van der Waals surface area contributed by atoms with E-state index in [1.165, 1.54) is 4.70 Å². The number of aliphatic hydroxyl groups is 1. The molecule has 0 radical (unpaired) electrons. The molecule has 2 aromatic rings. The molecule has 17 heavy (non-hydrogen) atoms. The number of alkyl halides is 1. The molecule has 4 heteroatoms. The summed E-state index contributed by atoms with van der Waals surface area (Å²) in [4.78, 5) is 0. The van der Waals surface area contributed by atoms with Crippen molar-refractivity contribution in [1.29, 1.82) is 0 Å². The van der Waals surface area contributed by atoms with Crippen LogP contribution in [0.5, 0.6) is 0 Å². The zero-order chi connectivity index (χ0) is 12.3. The van der Waals surface area contributed by atoms with Gasteiger partial charge in [-0.25, -0.2) is 4.39 Å². The third-order valence-electron chi connectivity index (χ3n) is 2.83. The van der Waals surface area contributed by atoms with Crippen LogP contribution in [-0.4, -0.2) is 24.4 Å². The molecule has 1 aromatic heterocycles. The van der Waals surface area contributed by atoms with Crippen LogP contribution in [0.3, 0.4) is 0 Å². The van der Waals surface area contributed by atoms with E-state index in [4.69, 9.17) is 0 Å². The highest BCUT2D eigenvalue weighted by Gasteiger charge is 2.20. The van der Waals surface area contributed by atoms with E-state index in [2.05, 4.69) is 5.32 Å². The summed E-state index contributed by atoms with van der Waals surface area (Å²) < 4.78 is 14.0. The number of aliphatic hydroxyl groups excluding tert-OH is 1. The summed E-state index contributed by atoms with van der Waals surface area (Å²) in [6.45, 7) is 1.97. The predicted octanol–water partition coefficient (Wildman–Crippen LogP) is 2.88. The van der Waals surface area contributed by atoms with Gasteiger partial charge in [-0.1, -0.05) is 13.0 Å². The van der Waals surface area contributed by atoms with Crippen LogP contribution in [0.1, 0.15) is 18.6 Å². The van der Waals surface area contributed by atoms with Gasteiger partial charge in [0, 0.05) is 4.70 Å². The first-order chi connectivity index (χ1) is 8.26. The summed E-state index contributed by atoms with van der Waals surface area (Å²) in [5.74, 6) is 0. The van der Waals surface area contributed by atoms with Crippen molar-refractivity contribution in [2.45, 2.75) is 19.1 Å². The molecule has 2 N–H and O–H groups in total. The molecule has 2 rings (SSSR count). The topological polar surface area (TPSA) is 32.3 Å². The van der Waals surface area contributed by atoms with E-state index in [0.717, 1.165) is 10.9 Å².